The van der Waals surface area contributed by atoms with E-state index in [-0.39, 0.29) is 10.9 Å². The van der Waals surface area contributed by atoms with Crippen molar-refractivity contribution in [1.29, 1.82) is 0 Å². The SMILES string of the molecule is Cc1nn(C)c2ncc(S(=O)(=O)N3CCNC(C)C3)cc12. The Bertz CT molecular complexity index is 783. The van der Waals surface area contributed by atoms with E-state index in [1.54, 1.807) is 17.8 Å². The summed E-state index contributed by atoms with van der Waals surface area (Å²) in [5, 5.41) is 8.30. The summed E-state index contributed by atoms with van der Waals surface area (Å²) in [7, 11) is -1.70. The highest BCUT2D eigenvalue weighted by molar-refractivity contribution is 7.89. The molecule has 114 valence electrons. The minimum atomic E-state index is -3.50. The van der Waals surface area contributed by atoms with Gasteiger partial charge in [-0.15, -0.1) is 0 Å². The molecule has 3 heterocycles. The molecule has 0 aliphatic carbocycles. The molecule has 1 fully saturated rings. The van der Waals surface area contributed by atoms with Crippen molar-refractivity contribution in [3.8, 4) is 0 Å². The summed E-state index contributed by atoms with van der Waals surface area (Å²) in [6, 6.07) is 1.83. The summed E-state index contributed by atoms with van der Waals surface area (Å²) in [4.78, 5) is 4.50. The van der Waals surface area contributed by atoms with Crippen LogP contribution in [0.4, 0.5) is 0 Å². The van der Waals surface area contributed by atoms with Gasteiger partial charge in [-0.2, -0.15) is 9.40 Å². The molecule has 21 heavy (non-hydrogen) atoms. The summed E-state index contributed by atoms with van der Waals surface area (Å²) in [5.41, 5.74) is 1.48. The van der Waals surface area contributed by atoms with Crippen molar-refractivity contribution in [3.05, 3.63) is 18.0 Å². The summed E-state index contributed by atoms with van der Waals surface area (Å²) < 4.78 is 28.6. The molecule has 1 N–H and O–H groups in total. The Kier molecular flexibility index (Phi) is 3.46. The maximum Gasteiger partial charge on any atom is 0.244 e. The van der Waals surface area contributed by atoms with Crippen molar-refractivity contribution in [1.82, 2.24) is 24.4 Å². The molecular formula is C13H19N5O2S. The molecule has 0 radical (unpaired) electrons. The predicted molar refractivity (Wildman–Crippen MR) is 79.5 cm³/mol. The van der Waals surface area contributed by atoms with Crippen molar-refractivity contribution in [2.45, 2.75) is 24.8 Å². The number of nitrogens with one attached hydrogen (secondary N) is 1. The standard InChI is InChI=1S/C13H19N5O2S/c1-9-8-18(5-4-14-9)21(19,20)11-6-12-10(2)16-17(3)13(12)15-7-11/h6-7,9,14H,4-5,8H2,1-3H3. The number of fused-ring (bicyclic) bond motifs is 1. The van der Waals surface area contributed by atoms with Crippen LogP contribution in [-0.4, -0.2) is 53.2 Å². The van der Waals surface area contributed by atoms with Crippen LogP contribution in [0.2, 0.25) is 0 Å². The largest absolute Gasteiger partial charge is 0.312 e. The van der Waals surface area contributed by atoms with Gasteiger partial charge in [0.15, 0.2) is 5.65 Å². The molecule has 0 saturated carbocycles. The highest BCUT2D eigenvalue weighted by Crippen LogP contribution is 2.22. The molecule has 7 nitrogen and oxygen atoms in total. The Balaban J connectivity index is 2.04. The fourth-order valence-electron chi connectivity index (χ4n) is 2.69. The quantitative estimate of drug-likeness (QED) is 0.861. The lowest BCUT2D eigenvalue weighted by Gasteiger charge is -2.30. The Morgan fingerprint density at radius 2 is 2.19 bits per heavy atom. The summed E-state index contributed by atoms with van der Waals surface area (Å²) in [5.74, 6) is 0. The molecule has 1 aliphatic heterocycles. The number of rotatable bonds is 2. The number of nitrogens with zero attached hydrogens (tertiary/aromatic N) is 4. The average molecular weight is 309 g/mol. The highest BCUT2D eigenvalue weighted by Gasteiger charge is 2.29. The smallest absolute Gasteiger partial charge is 0.244 e. The van der Waals surface area contributed by atoms with Gasteiger partial charge >= 0.3 is 0 Å². The predicted octanol–water partition coefficient (Wildman–Crippen LogP) is 0.259. The van der Waals surface area contributed by atoms with Gasteiger partial charge in [0.1, 0.15) is 4.90 Å². The van der Waals surface area contributed by atoms with Gasteiger partial charge in [-0.1, -0.05) is 0 Å². The first-order valence-corrected chi connectivity index (χ1v) is 8.36. The van der Waals surface area contributed by atoms with E-state index in [4.69, 9.17) is 0 Å². The zero-order valence-corrected chi connectivity index (χ0v) is 13.2. The van der Waals surface area contributed by atoms with Crippen LogP contribution in [0.1, 0.15) is 12.6 Å². The molecule has 3 rings (SSSR count). The second kappa shape index (κ2) is 5.04. The minimum Gasteiger partial charge on any atom is -0.312 e. The van der Waals surface area contributed by atoms with Gasteiger partial charge in [-0.25, -0.2) is 13.4 Å². The van der Waals surface area contributed by atoms with Crippen molar-refractivity contribution in [3.63, 3.8) is 0 Å². The van der Waals surface area contributed by atoms with E-state index in [9.17, 15) is 8.42 Å². The molecule has 2 aromatic heterocycles. The number of piperazine rings is 1. The van der Waals surface area contributed by atoms with E-state index in [1.807, 2.05) is 13.8 Å². The topological polar surface area (TPSA) is 80.1 Å². The molecule has 1 atom stereocenters. The Labute approximate surface area is 124 Å². The van der Waals surface area contributed by atoms with Crippen LogP contribution >= 0.6 is 0 Å². The Morgan fingerprint density at radius 3 is 2.90 bits per heavy atom. The van der Waals surface area contributed by atoms with E-state index < -0.39 is 10.0 Å². The van der Waals surface area contributed by atoms with E-state index in [2.05, 4.69) is 15.4 Å². The van der Waals surface area contributed by atoms with E-state index in [0.717, 1.165) is 11.1 Å². The molecule has 1 saturated heterocycles. The molecule has 0 bridgehead atoms. The van der Waals surface area contributed by atoms with Crippen LogP contribution in [0.15, 0.2) is 17.2 Å². The summed E-state index contributed by atoms with van der Waals surface area (Å²) in [6.45, 7) is 5.47. The Hall–Kier alpha value is -1.51. The molecule has 8 heteroatoms. The van der Waals surface area contributed by atoms with Crippen LogP contribution in [0.5, 0.6) is 0 Å². The molecule has 0 aromatic carbocycles. The highest BCUT2D eigenvalue weighted by atomic mass is 32.2. The third kappa shape index (κ3) is 2.43. The number of sulfonamides is 1. The van der Waals surface area contributed by atoms with E-state index in [0.29, 0.717) is 25.3 Å². The normalized spacial score (nSPS) is 21.0. The lowest BCUT2D eigenvalue weighted by atomic mass is 10.3. The van der Waals surface area contributed by atoms with Gasteiger partial charge in [-0.3, -0.25) is 4.68 Å². The first kappa shape index (κ1) is 14.4. The lowest BCUT2D eigenvalue weighted by Crippen LogP contribution is -2.51. The number of pyridine rings is 1. The van der Waals surface area contributed by atoms with Crippen molar-refractivity contribution >= 4 is 21.1 Å². The van der Waals surface area contributed by atoms with Gasteiger partial charge in [-0.05, 0) is 19.9 Å². The maximum absolute atomic E-state index is 12.7. The number of hydrogen-bond donors (Lipinski definition) is 1. The van der Waals surface area contributed by atoms with Gasteiger partial charge < -0.3 is 5.32 Å². The van der Waals surface area contributed by atoms with Crippen LogP contribution in [-0.2, 0) is 17.1 Å². The van der Waals surface area contributed by atoms with Gasteiger partial charge in [0.2, 0.25) is 10.0 Å². The summed E-state index contributed by atoms with van der Waals surface area (Å²) in [6.07, 6.45) is 1.42. The van der Waals surface area contributed by atoms with Crippen LogP contribution in [0.3, 0.4) is 0 Å². The Morgan fingerprint density at radius 1 is 1.43 bits per heavy atom. The molecule has 0 amide bonds. The second-order valence-electron chi connectivity index (χ2n) is 5.47. The zero-order chi connectivity index (χ0) is 15.2. The van der Waals surface area contributed by atoms with Crippen molar-refractivity contribution in [2.75, 3.05) is 19.6 Å². The van der Waals surface area contributed by atoms with Crippen LogP contribution in [0.25, 0.3) is 11.0 Å². The second-order valence-corrected chi connectivity index (χ2v) is 7.41. The van der Waals surface area contributed by atoms with Gasteiger partial charge in [0.25, 0.3) is 0 Å². The van der Waals surface area contributed by atoms with Crippen molar-refractivity contribution < 1.29 is 8.42 Å². The lowest BCUT2D eigenvalue weighted by molar-refractivity contribution is 0.310. The third-order valence-electron chi connectivity index (χ3n) is 3.81. The monoisotopic (exact) mass is 309 g/mol. The molecular weight excluding hydrogens is 290 g/mol. The van der Waals surface area contributed by atoms with Gasteiger partial charge in [0.05, 0.1) is 5.69 Å². The van der Waals surface area contributed by atoms with Gasteiger partial charge in [0, 0.05) is 44.3 Å². The third-order valence-corrected chi connectivity index (χ3v) is 5.64. The maximum atomic E-state index is 12.7. The van der Waals surface area contributed by atoms with Crippen molar-refractivity contribution in [2.24, 2.45) is 7.05 Å². The first-order valence-electron chi connectivity index (χ1n) is 6.92. The zero-order valence-electron chi connectivity index (χ0n) is 12.4. The fourth-order valence-corrected chi connectivity index (χ4v) is 4.20. The molecule has 1 unspecified atom stereocenters. The van der Waals surface area contributed by atoms with E-state index in [1.165, 1.54) is 10.5 Å². The molecule has 1 aliphatic rings. The molecule has 0 spiro atoms. The number of hydrogen-bond acceptors (Lipinski definition) is 5. The average Bonchev–Trinajstić information content (AvgIpc) is 2.74. The fraction of sp³-hybridized carbons (Fsp3) is 0.538. The first-order chi connectivity index (χ1) is 9.89. The van der Waals surface area contributed by atoms with Crippen LogP contribution < -0.4 is 5.32 Å². The minimum absolute atomic E-state index is 0.158. The number of aromatic nitrogens is 3. The van der Waals surface area contributed by atoms with E-state index >= 15 is 0 Å². The summed E-state index contributed by atoms with van der Waals surface area (Å²) >= 11 is 0. The number of aryl methyl sites for hydroxylation is 2. The van der Waals surface area contributed by atoms with Crippen LogP contribution in [0, 0.1) is 6.92 Å². The molecule has 2 aromatic rings.